The number of nitrogens with two attached hydrogens (primary N) is 2. The van der Waals surface area contributed by atoms with Crippen LogP contribution in [0.5, 0.6) is 0 Å². The number of tetrazole rings is 1. The Morgan fingerprint density at radius 3 is 2.74 bits per heavy atom. The Bertz CT molecular complexity index is 570. The van der Waals surface area contributed by atoms with Gasteiger partial charge < -0.3 is 11.5 Å². The van der Waals surface area contributed by atoms with E-state index in [4.69, 9.17) is 11.5 Å². The van der Waals surface area contributed by atoms with Crippen molar-refractivity contribution < 1.29 is 0 Å². The second-order valence-electron chi connectivity index (χ2n) is 5.18. The molecule has 2 aromatic rings. The smallest absolute Gasteiger partial charge is 0.184 e. The third-order valence-electron chi connectivity index (χ3n) is 3.75. The maximum atomic E-state index is 6.00. The van der Waals surface area contributed by atoms with Crippen LogP contribution in [-0.2, 0) is 6.54 Å². The third kappa shape index (κ3) is 2.38. The van der Waals surface area contributed by atoms with Gasteiger partial charge in [-0.2, -0.15) is 0 Å². The van der Waals surface area contributed by atoms with Gasteiger partial charge in [-0.15, -0.1) is 5.10 Å². The first-order valence-corrected chi connectivity index (χ1v) is 6.65. The van der Waals surface area contributed by atoms with Gasteiger partial charge in [0.1, 0.15) is 0 Å². The summed E-state index contributed by atoms with van der Waals surface area (Å²) in [4.78, 5) is 0. The van der Waals surface area contributed by atoms with Crippen LogP contribution in [0.2, 0.25) is 0 Å². The Kier molecular flexibility index (Phi) is 3.06. The Hall–Kier alpha value is -2.11. The van der Waals surface area contributed by atoms with Crippen LogP contribution >= 0.6 is 0 Å². The van der Waals surface area contributed by atoms with E-state index in [0.717, 1.165) is 17.9 Å². The highest BCUT2D eigenvalue weighted by Gasteiger charge is 2.19. The maximum Gasteiger partial charge on any atom is 0.184 e. The average molecular weight is 258 g/mol. The zero-order valence-corrected chi connectivity index (χ0v) is 10.8. The lowest BCUT2D eigenvalue weighted by Gasteiger charge is -2.11. The minimum absolute atomic E-state index is 0.613. The zero-order valence-electron chi connectivity index (χ0n) is 10.8. The van der Waals surface area contributed by atoms with Crippen molar-refractivity contribution in [1.29, 1.82) is 0 Å². The van der Waals surface area contributed by atoms with E-state index in [1.54, 1.807) is 6.07 Å². The monoisotopic (exact) mass is 258 g/mol. The van der Waals surface area contributed by atoms with Gasteiger partial charge in [-0.25, -0.2) is 4.68 Å². The summed E-state index contributed by atoms with van der Waals surface area (Å²) in [6, 6.07) is 5.44. The first kappa shape index (κ1) is 12.0. The highest BCUT2D eigenvalue weighted by molar-refractivity contribution is 5.74. The zero-order chi connectivity index (χ0) is 13.2. The second-order valence-corrected chi connectivity index (χ2v) is 5.18. The molecule has 1 fully saturated rings. The van der Waals surface area contributed by atoms with Gasteiger partial charge in [-0.1, -0.05) is 12.8 Å². The molecular weight excluding hydrogens is 240 g/mol. The van der Waals surface area contributed by atoms with Crippen molar-refractivity contribution in [3.05, 3.63) is 18.2 Å². The molecule has 0 saturated heterocycles. The SMILES string of the molecule is Nc1ccc(-c2nnnn2CC2CCCC2)c(N)c1. The first-order valence-electron chi connectivity index (χ1n) is 6.65. The molecular formula is C13H18N6. The molecule has 6 nitrogen and oxygen atoms in total. The fourth-order valence-corrected chi connectivity index (χ4v) is 2.74. The van der Waals surface area contributed by atoms with Crippen molar-refractivity contribution in [3.63, 3.8) is 0 Å². The largest absolute Gasteiger partial charge is 0.399 e. The molecule has 6 heteroatoms. The van der Waals surface area contributed by atoms with Gasteiger partial charge in [-0.3, -0.25) is 0 Å². The van der Waals surface area contributed by atoms with E-state index in [9.17, 15) is 0 Å². The number of benzene rings is 1. The molecule has 19 heavy (non-hydrogen) atoms. The van der Waals surface area contributed by atoms with Crippen molar-refractivity contribution in [2.45, 2.75) is 32.2 Å². The molecule has 3 rings (SSSR count). The molecule has 1 aliphatic rings. The van der Waals surface area contributed by atoms with Crippen LogP contribution in [0.4, 0.5) is 11.4 Å². The van der Waals surface area contributed by atoms with Crippen molar-refractivity contribution in [2.24, 2.45) is 5.92 Å². The minimum atomic E-state index is 0.613. The number of hydrogen-bond acceptors (Lipinski definition) is 5. The van der Waals surface area contributed by atoms with Crippen LogP contribution in [0, 0.1) is 5.92 Å². The predicted octanol–water partition coefficient (Wildman–Crippen LogP) is 1.69. The quantitative estimate of drug-likeness (QED) is 0.817. The van der Waals surface area contributed by atoms with Crippen molar-refractivity contribution in [3.8, 4) is 11.4 Å². The Morgan fingerprint density at radius 1 is 1.21 bits per heavy atom. The summed E-state index contributed by atoms with van der Waals surface area (Å²) >= 11 is 0. The van der Waals surface area contributed by atoms with E-state index >= 15 is 0 Å². The average Bonchev–Trinajstić information content (AvgIpc) is 3.02. The molecule has 0 aliphatic heterocycles. The Labute approximate surface area is 111 Å². The van der Waals surface area contributed by atoms with Crippen LogP contribution in [0.25, 0.3) is 11.4 Å². The molecule has 1 aliphatic carbocycles. The minimum Gasteiger partial charge on any atom is -0.399 e. The number of nitrogens with zero attached hydrogens (tertiary/aromatic N) is 4. The number of rotatable bonds is 3. The summed E-state index contributed by atoms with van der Waals surface area (Å²) in [5.74, 6) is 1.40. The van der Waals surface area contributed by atoms with Crippen molar-refractivity contribution in [2.75, 3.05) is 11.5 Å². The van der Waals surface area contributed by atoms with Gasteiger partial charge in [0.15, 0.2) is 5.82 Å². The summed E-state index contributed by atoms with van der Waals surface area (Å²) in [7, 11) is 0. The van der Waals surface area contributed by atoms with Crippen molar-refractivity contribution >= 4 is 11.4 Å². The summed E-state index contributed by atoms with van der Waals surface area (Å²) < 4.78 is 1.86. The number of aromatic nitrogens is 4. The summed E-state index contributed by atoms with van der Waals surface area (Å²) in [5, 5.41) is 12.0. The molecule has 0 unspecified atom stereocenters. The Balaban J connectivity index is 1.90. The number of hydrogen-bond donors (Lipinski definition) is 2. The lowest BCUT2D eigenvalue weighted by molar-refractivity contribution is 0.424. The highest BCUT2D eigenvalue weighted by atomic mass is 15.5. The molecule has 0 atom stereocenters. The first-order chi connectivity index (χ1) is 9.24. The molecule has 1 saturated carbocycles. The van der Waals surface area contributed by atoms with Crippen LogP contribution in [0.3, 0.4) is 0 Å². The topological polar surface area (TPSA) is 95.6 Å². The fraction of sp³-hybridized carbons (Fsp3) is 0.462. The van der Waals surface area contributed by atoms with Gasteiger partial charge in [0.05, 0.1) is 0 Å². The molecule has 0 radical (unpaired) electrons. The van der Waals surface area contributed by atoms with E-state index in [1.165, 1.54) is 25.7 Å². The van der Waals surface area contributed by atoms with Crippen LogP contribution < -0.4 is 11.5 Å². The van der Waals surface area contributed by atoms with Crippen molar-refractivity contribution in [1.82, 2.24) is 20.2 Å². The third-order valence-corrected chi connectivity index (χ3v) is 3.75. The summed E-state index contributed by atoms with van der Waals surface area (Å²) in [5.41, 5.74) is 13.8. The predicted molar refractivity (Wildman–Crippen MR) is 74.0 cm³/mol. The van der Waals surface area contributed by atoms with Gasteiger partial charge in [-0.05, 0) is 47.4 Å². The van der Waals surface area contributed by atoms with Gasteiger partial charge in [0.25, 0.3) is 0 Å². The lowest BCUT2D eigenvalue weighted by Crippen LogP contribution is -2.11. The van der Waals surface area contributed by atoms with Gasteiger partial charge in [0, 0.05) is 23.5 Å². The highest BCUT2D eigenvalue weighted by Crippen LogP contribution is 2.29. The summed E-state index contributed by atoms with van der Waals surface area (Å²) in [6.45, 7) is 0.867. The molecule has 0 amide bonds. The number of anilines is 2. The van der Waals surface area contributed by atoms with E-state index in [1.807, 2.05) is 16.8 Å². The van der Waals surface area contributed by atoms with E-state index < -0.39 is 0 Å². The van der Waals surface area contributed by atoms with Crippen LogP contribution in [0.1, 0.15) is 25.7 Å². The Morgan fingerprint density at radius 2 is 2.00 bits per heavy atom. The molecule has 0 bridgehead atoms. The molecule has 0 spiro atoms. The molecule has 1 aromatic carbocycles. The van der Waals surface area contributed by atoms with E-state index in [0.29, 0.717) is 17.3 Å². The number of nitrogen functional groups attached to an aromatic ring is 2. The molecule has 1 heterocycles. The van der Waals surface area contributed by atoms with Crippen LogP contribution in [0.15, 0.2) is 18.2 Å². The van der Waals surface area contributed by atoms with Crippen LogP contribution in [-0.4, -0.2) is 20.2 Å². The molecule has 4 N–H and O–H groups in total. The normalized spacial score (nSPS) is 16.0. The maximum absolute atomic E-state index is 6.00. The molecule has 100 valence electrons. The standard InChI is InChI=1S/C13H18N6/c14-10-5-6-11(12(15)7-10)13-16-17-18-19(13)8-9-3-1-2-4-9/h5-7,9H,1-4,8,14-15H2. The summed E-state index contributed by atoms with van der Waals surface area (Å²) in [6.07, 6.45) is 5.14. The lowest BCUT2D eigenvalue weighted by atomic mass is 10.1. The van der Waals surface area contributed by atoms with Gasteiger partial charge in [0.2, 0.25) is 0 Å². The van der Waals surface area contributed by atoms with E-state index in [-0.39, 0.29) is 0 Å². The second kappa shape index (κ2) is 4.87. The van der Waals surface area contributed by atoms with Gasteiger partial charge >= 0.3 is 0 Å². The van der Waals surface area contributed by atoms with E-state index in [2.05, 4.69) is 15.5 Å². The molecule has 1 aromatic heterocycles. The fourth-order valence-electron chi connectivity index (χ4n) is 2.74.